The van der Waals surface area contributed by atoms with Gasteiger partial charge in [0.25, 0.3) is 5.56 Å². The van der Waals surface area contributed by atoms with Crippen LogP contribution in [-0.4, -0.2) is 50.2 Å². The average molecular weight is 442 g/mol. The van der Waals surface area contributed by atoms with Crippen molar-refractivity contribution >= 4 is 17.1 Å². The Kier molecular flexibility index (Phi) is 7.29. The van der Waals surface area contributed by atoms with Gasteiger partial charge in [0.15, 0.2) is 17.4 Å². The van der Waals surface area contributed by atoms with Crippen LogP contribution in [0.4, 0.5) is 0 Å². The van der Waals surface area contributed by atoms with E-state index in [1.807, 2.05) is 44.2 Å². The van der Waals surface area contributed by atoms with Gasteiger partial charge in [-0.25, -0.2) is 9.78 Å². The molecule has 0 saturated carbocycles. The molecule has 0 fully saturated rings. The summed E-state index contributed by atoms with van der Waals surface area (Å²) in [5.41, 5.74) is 0.690. The molecule has 0 aliphatic carbocycles. The van der Waals surface area contributed by atoms with E-state index in [1.54, 1.807) is 29.9 Å². The Morgan fingerprint density at radius 2 is 1.84 bits per heavy atom. The van der Waals surface area contributed by atoms with Crippen molar-refractivity contribution in [3.05, 3.63) is 63.1 Å². The topological polar surface area (TPSA) is 91.4 Å². The van der Waals surface area contributed by atoms with Gasteiger partial charge in [-0.3, -0.25) is 23.3 Å². The number of nitrogens with zero attached hydrogens (tertiary/aromatic N) is 5. The van der Waals surface area contributed by atoms with Crippen molar-refractivity contribution in [1.82, 2.24) is 23.6 Å². The molecule has 1 aromatic carbocycles. The van der Waals surface area contributed by atoms with Crippen molar-refractivity contribution in [3.8, 4) is 0 Å². The van der Waals surface area contributed by atoms with E-state index < -0.39 is 11.8 Å². The molecule has 1 atom stereocenters. The Morgan fingerprint density at radius 3 is 2.47 bits per heavy atom. The lowest BCUT2D eigenvalue weighted by atomic mass is 10.2. The molecular weight excluding hydrogens is 410 g/mol. The first-order valence-corrected chi connectivity index (χ1v) is 10.8. The molecule has 0 bridgehead atoms. The van der Waals surface area contributed by atoms with Gasteiger partial charge in [0, 0.05) is 39.7 Å². The van der Waals surface area contributed by atoms with Gasteiger partial charge in [0.2, 0.25) is 5.91 Å². The number of carbonyl (C=O) groups excluding carboxylic acids is 1. The Bertz CT molecular complexity index is 1190. The zero-order chi connectivity index (χ0) is 23.4. The fraction of sp³-hybridized carbons (Fsp3) is 0.478. The molecular formula is C23H31N5O4. The standard InChI is InChI=1S/C23H31N5O4/c1-16(2)14-27-20-19(21(30)26(5)23(27)31)28(15-24-20)22(17-10-7-6-8-11-17)32-13-9-12-18(29)25(3)4/h6-8,10-11,15-16,22H,9,12-14H2,1-5H3. The summed E-state index contributed by atoms with van der Waals surface area (Å²) < 4.78 is 10.5. The van der Waals surface area contributed by atoms with Crippen LogP contribution in [0.25, 0.3) is 11.2 Å². The van der Waals surface area contributed by atoms with Gasteiger partial charge in [0.1, 0.15) is 6.33 Å². The first-order valence-electron chi connectivity index (χ1n) is 10.8. The summed E-state index contributed by atoms with van der Waals surface area (Å²) in [7, 11) is 4.92. The Labute approximate surface area is 186 Å². The lowest BCUT2D eigenvalue weighted by molar-refractivity contribution is -0.129. The second kappa shape index (κ2) is 9.95. The van der Waals surface area contributed by atoms with Crippen LogP contribution < -0.4 is 11.2 Å². The van der Waals surface area contributed by atoms with Crippen molar-refractivity contribution < 1.29 is 9.53 Å². The minimum Gasteiger partial charge on any atom is -0.354 e. The smallest absolute Gasteiger partial charge is 0.332 e. The first-order chi connectivity index (χ1) is 15.2. The molecule has 9 heteroatoms. The number of ether oxygens (including phenoxy) is 1. The average Bonchev–Trinajstić information content (AvgIpc) is 3.20. The van der Waals surface area contributed by atoms with E-state index in [0.29, 0.717) is 37.2 Å². The number of amides is 1. The van der Waals surface area contributed by atoms with E-state index in [1.165, 1.54) is 11.6 Å². The van der Waals surface area contributed by atoms with E-state index in [0.717, 1.165) is 10.1 Å². The van der Waals surface area contributed by atoms with Gasteiger partial charge in [-0.2, -0.15) is 0 Å². The maximum Gasteiger partial charge on any atom is 0.332 e. The summed E-state index contributed by atoms with van der Waals surface area (Å²) in [4.78, 5) is 43.7. The highest BCUT2D eigenvalue weighted by Crippen LogP contribution is 2.23. The zero-order valence-corrected chi connectivity index (χ0v) is 19.3. The second-order valence-electron chi connectivity index (χ2n) is 8.50. The number of fused-ring (bicyclic) bond motifs is 1. The third kappa shape index (κ3) is 4.83. The number of carbonyl (C=O) groups is 1. The van der Waals surface area contributed by atoms with Crippen molar-refractivity contribution in [3.63, 3.8) is 0 Å². The summed E-state index contributed by atoms with van der Waals surface area (Å²) in [6.07, 6.45) is 1.84. The lowest BCUT2D eigenvalue weighted by Gasteiger charge is -2.21. The van der Waals surface area contributed by atoms with E-state index in [-0.39, 0.29) is 17.5 Å². The Balaban J connectivity index is 2.04. The lowest BCUT2D eigenvalue weighted by Crippen LogP contribution is -2.39. The van der Waals surface area contributed by atoms with Crippen LogP contribution in [0.1, 0.15) is 38.5 Å². The largest absolute Gasteiger partial charge is 0.354 e. The van der Waals surface area contributed by atoms with Crippen LogP contribution in [0.15, 0.2) is 46.2 Å². The van der Waals surface area contributed by atoms with E-state index in [2.05, 4.69) is 4.98 Å². The Morgan fingerprint density at radius 1 is 1.16 bits per heavy atom. The summed E-state index contributed by atoms with van der Waals surface area (Å²) in [6.45, 7) is 4.78. The molecule has 172 valence electrons. The van der Waals surface area contributed by atoms with Crippen LogP contribution in [-0.2, 0) is 23.1 Å². The molecule has 2 heterocycles. The van der Waals surface area contributed by atoms with E-state index in [9.17, 15) is 14.4 Å². The molecule has 0 aliphatic rings. The summed E-state index contributed by atoms with van der Waals surface area (Å²) in [6, 6.07) is 9.52. The van der Waals surface area contributed by atoms with Crippen molar-refractivity contribution in [2.24, 2.45) is 13.0 Å². The van der Waals surface area contributed by atoms with Gasteiger partial charge in [-0.1, -0.05) is 44.2 Å². The predicted octanol–water partition coefficient (Wildman–Crippen LogP) is 1.98. The number of benzene rings is 1. The third-order valence-electron chi connectivity index (χ3n) is 5.25. The SMILES string of the molecule is CC(C)Cn1c(=O)n(C)c(=O)c2c1ncn2C(OCCCC(=O)N(C)C)c1ccccc1. The van der Waals surface area contributed by atoms with Crippen LogP contribution >= 0.6 is 0 Å². The molecule has 9 nitrogen and oxygen atoms in total. The second-order valence-corrected chi connectivity index (χ2v) is 8.50. The quantitative estimate of drug-likeness (QED) is 0.474. The number of rotatable bonds is 9. The highest BCUT2D eigenvalue weighted by molar-refractivity contribution is 5.75. The van der Waals surface area contributed by atoms with Gasteiger partial charge in [0.05, 0.1) is 6.61 Å². The number of imidazole rings is 1. The fourth-order valence-electron chi connectivity index (χ4n) is 3.58. The Hall–Kier alpha value is -3.20. The highest BCUT2D eigenvalue weighted by Gasteiger charge is 2.23. The van der Waals surface area contributed by atoms with Crippen LogP contribution in [0.3, 0.4) is 0 Å². The number of hydrogen-bond donors (Lipinski definition) is 0. The molecule has 32 heavy (non-hydrogen) atoms. The third-order valence-corrected chi connectivity index (χ3v) is 5.25. The minimum absolute atomic E-state index is 0.0320. The van der Waals surface area contributed by atoms with Gasteiger partial charge in [-0.15, -0.1) is 0 Å². The van der Waals surface area contributed by atoms with Crippen LogP contribution in [0.2, 0.25) is 0 Å². The highest BCUT2D eigenvalue weighted by atomic mass is 16.5. The first kappa shape index (κ1) is 23.5. The van der Waals surface area contributed by atoms with E-state index in [4.69, 9.17) is 4.74 Å². The molecule has 0 aliphatic heterocycles. The monoisotopic (exact) mass is 441 g/mol. The van der Waals surface area contributed by atoms with E-state index >= 15 is 0 Å². The number of hydrogen-bond acceptors (Lipinski definition) is 5. The molecule has 2 aromatic heterocycles. The van der Waals surface area contributed by atoms with Crippen molar-refractivity contribution in [2.75, 3.05) is 20.7 Å². The minimum atomic E-state index is -0.617. The van der Waals surface area contributed by atoms with Crippen molar-refractivity contribution in [1.29, 1.82) is 0 Å². The van der Waals surface area contributed by atoms with Gasteiger partial charge in [-0.05, 0) is 12.3 Å². The summed E-state index contributed by atoms with van der Waals surface area (Å²) in [5, 5.41) is 0. The van der Waals surface area contributed by atoms with Crippen molar-refractivity contribution in [2.45, 2.75) is 39.5 Å². The maximum atomic E-state index is 13.1. The maximum absolute atomic E-state index is 13.1. The predicted molar refractivity (Wildman–Crippen MR) is 123 cm³/mol. The zero-order valence-electron chi connectivity index (χ0n) is 19.3. The number of aromatic nitrogens is 4. The van der Waals surface area contributed by atoms with Gasteiger partial charge >= 0.3 is 5.69 Å². The molecule has 0 N–H and O–H groups in total. The van der Waals surface area contributed by atoms with Crippen LogP contribution in [0, 0.1) is 5.92 Å². The van der Waals surface area contributed by atoms with Crippen LogP contribution in [0.5, 0.6) is 0 Å². The fourth-order valence-corrected chi connectivity index (χ4v) is 3.58. The molecule has 1 amide bonds. The van der Waals surface area contributed by atoms with Gasteiger partial charge < -0.3 is 9.64 Å². The summed E-state index contributed by atoms with van der Waals surface area (Å²) >= 11 is 0. The molecule has 3 rings (SSSR count). The molecule has 0 spiro atoms. The molecule has 0 radical (unpaired) electrons. The molecule has 1 unspecified atom stereocenters. The molecule has 0 saturated heterocycles. The summed E-state index contributed by atoms with van der Waals surface area (Å²) in [5.74, 6) is 0.235. The normalized spacial score (nSPS) is 12.4. The molecule has 3 aromatic rings.